The zero-order chi connectivity index (χ0) is 19.2. The van der Waals surface area contributed by atoms with Crippen molar-refractivity contribution in [1.82, 2.24) is 14.5 Å². The maximum Gasteiger partial charge on any atom is 0.159 e. The van der Waals surface area contributed by atoms with E-state index in [4.69, 9.17) is 4.84 Å². The molecule has 1 aromatic carbocycles. The van der Waals surface area contributed by atoms with Crippen LogP contribution >= 0.6 is 0 Å². The summed E-state index contributed by atoms with van der Waals surface area (Å²) in [4.78, 5) is 14.1. The molecule has 1 saturated carbocycles. The third kappa shape index (κ3) is 4.66. The standard InChI is InChI=1S/C23H22N4O/c1-18(27-15-14-24-17-27)23(26-28-16-22-4-2-3-13-25-22)21-11-9-20(10-12-21)8-7-19-5-6-19/h2-4,9-15,17-19H,5-6,16H2,1H3/b26-23+. The lowest BCUT2D eigenvalue weighted by Gasteiger charge is -2.16. The molecule has 140 valence electrons. The van der Waals surface area contributed by atoms with Gasteiger partial charge in [-0.05, 0) is 44.0 Å². The predicted molar refractivity (Wildman–Crippen MR) is 109 cm³/mol. The van der Waals surface area contributed by atoms with E-state index in [0.717, 1.165) is 22.5 Å². The maximum absolute atomic E-state index is 5.64. The number of oxime groups is 1. The summed E-state index contributed by atoms with van der Waals surface area (Å²) in [5.41, 5.74) is 3.70. The molecule has 1 aliphatic rings. The number of rotatable bonds is 6. The molecule has 4 rings (SSSR count). The summed E-state index contributed by atoms with van der Waals surface area (Å²) in [6.45, 7) is 2.40. The minimum atomic E-state index is -0.0189. The molecule has 1 aliphatic carbocycles. The van der Waals surface area contributed by atoms with Gasteiger partial charge in [0.2, 0.25) is 0 Å². The molecule has 0 bridgehead atoms. The second-order valence-corrected chi connectivity index (χ2v) is 6.88. The summed E-state index contributed by atoms with van der Waals surface area (Å²) in [6, 6.07) is 13.9. The van der Waals surface area contributed by atoms with Gasteiger partial charge in [-0.25, -0.2) is 4.98 Å². The van der Waals surface area contributed by atoms with Gasteiger partial charge in [-0.2, -0.15) is 0 Å². The topological polar surface area (TPSA) is 52.3 Å². The van der Waals surface area contributed by atoms with E-state index in [2.05, 4.69) is 33.9 Å². The second-order valence-electron chi connectivity index (χ2n) is 6.88. The summed E-state index contributed by atoms with van der Waals surface area (Å²) < 4.78 is 2.00. The number of hydrogen-bond donors (Lipinski definition) is 0. The van der Waals surface area contributed by atoms with Gasteiger partial charge in [0.25, 0.3) is 0 Å². The van der Waals surface area contributed by atoms with Crippen LogP contribution in [0.3, 0.4) is 0 Å². The first-order chi connectivity index (χ1) is 13.8. The van der Waals surface area contributed by atoms with Crippen molar-refractivity contribution in [2.24, 2.45) is 11.1 Å². The molecular formula is C23H22N4O. The van der Waals surface area contributed by atoms with Crippen LogP contribution in [0.5, 0.6) is 0 Å². The van der Waals surface area contributed by atoms with E-state index in [1.54, 1.807) is 18.7 Å². The van der Waals surface area contributed by atoms with Crippen molar-refractivity contribution in [2.75, 3.05) is 0 Å². The summed E-state index contributed by atoms with van der Waals surface area (Å²) in [6.07, 6.45) is 9.69. The minimum Gasteiger partial charge on any atom is -0.389 e. The molecule has 0 radical (unpaired) electrons. The van der Waals surface area contributed by atoms with Crippen LogP contribution in [0.25, 0.3) is 0 Å². The van der Waals surface area contributed by atoms with Gasteiger partial charge < -0.3 is 9.40 Å². The Hall–Kier alpha value is -3.39. The van der Waals surface area contributed by atoms with Gasteiger partial charge in [-0.3, -0.25) is 4.98 Å². The zero-order valence-electron chi connectivity index (χ0n) is 15.8. The summed E-state index contributed by atoms with van der Waals surface area (Å²) in [5.74, 6) is 7.14. The molecule has 0 saturated heterocycles. The van der Waals surface area contributed by atoms with E-state index in [-0.39, 0.29) is 6.04 Å². The van der Waals surface area contributed by atoms with E-state index in [9.17, 15) is 0 Å². The van der Waals surface area contributed by atoms with Gasteiger partial charge >= 0.3 is 0 Å². The smallest absolute Gasteiger partial charge is 0.159 e. The number of hydrogen-bond acceptors (Lipinski definition) is 4. The Morgan fingerprint density at radius 2 is 2.07 bits per heavy atom. The largest absolute Gasteiger partial charge is 0.389 e. The van der Waals surface area contributed by atoms with Crippen LogP contribution in [0.2, 0.25) is 0 Å². The van der Waals surface area contributed by atoms with Gasteiger partial charge in [-0.15, -0.1) is 0 Å². The zero-order valence-corrected chi connectivity index (χ0v) is 15.8. The van der Waals surface area contributed by atoms with Crippen molar-refractivity contribution >= 4 is 5.71 Å². The first-order valence-electron chi connectivity index (χ1n) is 9.49. The molecule has 28 heavy (non-hydrogen) atoms. The van der Waals surface area contributed by atoms with E-state index < -0.39 is 0 Å². The first kappa shape index (κ1) is 18.0. The minimum absolute atomic E-state index is 0.0189. The predicted octanol–water partition coefficient (Wildman–Crippen LogP) is 4.22. The van der Waals surface area contributed by atoms with Gasteiger partial charge in [0, 0.05) is 35.6 Å². The Balaban J connectivity index is 1.55. The average Bonchev–Trinajstić information content (AvgIpc) is 3.41. The van der Waals surface area contributed by atoms with E-state index in [0.29, 0.717) is 12.5 Å². The van der Waals surface area contributed by atoms with E-state index in [1.807, 2.05) is 53.2 Å². The summed E-state index contributed by atoms with van der Waals surface area (Å²) >= 11 is 0. The lowest BCUT2D eigenvalue weighted by Crippen LogP contribution is -2.17. The summed E-state index contributed by atoms with van der Waals surface area (Å²) in [7, 11) is 0. The van der Waals surface area contributed by atoms with Gasteiger partial charge in [0.05, 0.1) is 18.1 Å². The Morgan fingerprint density at radius 3 is 2.75 bits per heavy atom. The normalized spacial score (nSPS) is 14.8. The second kappa shape index (κ2) is 8.53. The molecule has 1 unspecified atom stereocenters. The Morgan fingerprint density at radius 1 is 1.21 bits per heavy atom. The molecule has 3 aromatic rings. The number of benzene rings is 1. The van der Waals surface area contributed by atoms with Crippen LogP contribution in [-0.2, 0) is 11.4 Å². The van der Waals surface area contributed by atoms with Gasteiger partial charge in [0.1, 0.15) is 5.71 Å². The maximum atomic E-state index is 5.64. The number of aromatic nitrogens is 3. The third-order valence-corrected chi connectivity index (χ3v) is 4.65. The molecule has 5 nitrogen and oxygen atoms in total. The van der Waals surface area contributed by atoms with Crippen molar-refractivity contribution < 1.29 is 4.84 Å². The van der Waals surface area contributed by atoms with Crippen LogP contribution in [0.15, 0.2) is 72.5 Å². The Kier molecular flexibility index (Phi) is 5.48. The van der Waals surface area contributed by atoms with Crippen LogP contribution in [0.1, 0.15) is 42.6 Å². The lowest BCUT2D eigenvalue weighted by atomic mass is 10.0. The van der Waals surface area contributed by atoms with Gasteiger partial charge in [0.15, 0.2) is 6.61 Å². The highest BCUT2D eigenvalue weighted by atomic mass is 16.6. The average molecular weight is 370 g/mol. The van der Waals surface area contributed by atoms with Gasteiger partial charge in [-0.1, -0.05) is 35.2 Å². The highest BCUT2D eigenvalue weighted by molar-refractivity contribution is 6.02. The SMILES string of the molecule is CC(/C(=N\OCc1ccccn1)c1ccc(C#CC2CC2)cc1)n1ccnc1. The van der Waals surface area contributed by atoms with E-state index >= 15 is 0 Å². The molecule has 2 aromatic heterocycles. The molecule has 0 amide bonds. The molecule has 1 atom stereocenters. The molecule has 2 heterocycles. The van der Waals surface area contributed by atoms with Crippen molar-refractivity contribution in [2.45, 2.75) is 32.4 Å². The Bertz CT molecular complexity index is 979. The van der Waals surface area contributed by atoms with Crippen molar-refractivity contribution in [1.29, 1.82) is 0 Å². The number of nitrogens with zero attached hydrogens (tertiary/aromatic N) is 4. The van der Waals surface area contributed by atoms with Crippen LogP contribution in [0.4, 0.5) is 0 Å². The van der Waals surface area contributed by atoms with Crippen molar-refractivity contribution in [3.05, 3.63) is 84.2 Å². The molecule has 1 fully saturated rings. The fraction of sp³-hybridized carbons (Fsp3) is 0.261. The fourth-order valence-electron chi connectivity index (χ4n) is 2.80. The molecule has 0 spiro atoms. The molecule has 0 aliphatic heterocycles. The van der Waals surface area contributed by atoms with Crippen LogP contribution in [-0.4, -0.2) is 20.2 Å². The quantitative estimate of drug-likeness (QED) is 0.371. The third-order valence-electron chi connectivity index (χ3n) is 4.65. The van der Waals surface area contributed by atoms with Crippen LogP contribution < -0.4 is 0 Å². The number of pyridine rings is 1. The van der Waals surface area contributed by atoms with Crippen molar-refractivity contribution in [3.8, 4) is 11.8 Å². The summed E-state index contributed by atoms with van der Waals surface area (Å²) in [5, 5.41) is 4.45. The monoisotopic (exact) mass is 370 g/mol. The van der Waals surface area contributed by atoms with E-state index in [1.165, 1.54) is 12.8 Å². The van der Waals surface area contributed by atoms with Crippen molar-refractivity contribution in [3.63, 3.8) is 0 Å². The fourth-order valence-corrected chi connectivity index (χ4v) is 2.80. The Labute approximate surface area is 165 Å². The lowest BCUT2D eigenvalue weighted by molar-refractivity contribution is 0.126. The molecule has 0 N–H and O–H groups in total. The first-order valence-corrected chi connectivity index (χ1v) is 9.49. The highest BCUT2D eigenvalue weighted by Crippen LogP contribution is 2.27. The highest BCUT2D eigenvalue weighted by Gasteiger charge is 2.18. The number of imidazole rings is 1. The van der Waals surface area contributed by atoms with Crippen LogP contribution in [0, 0.1) is 17.8 Å². The molecule has 5 heteroatoms. The molecular weight excluding hydrogens is 348 g/mol.